The van der Waals surface area contributed by atoms with Crippen LogP contribution in [0.15, 0.2) is 83.4 Å². The number of allylic oxidation sites excluding steroid dienone is 1. The van der Waals surface area contributed by atoms with Crippen LogP contribution < -0.4 is 0 Å². The predicted molar refractivity (Wildman–Crippen MR) is 109 cm³/mol. The number of hydrogen-bond acceptors (Lipinski definition) is 6. The predicted octanol–water partition coefficient (Wildman–Crippen LogP) is 3.41. The van der Waals surface area contributed by atoms with Gasteiger partial charge in [-0.25, -0.2) is 8.42 Å². The lowest BCUT2D eigenvalue weighted by Crippen LogP contribution is -2.12. The molecule has 1 aromatic heterocycles. The fourth-order valence-electron chi connectivity index (χ4n) is 2.56. The van der Waals surface area contributed by atoms with Crippen LogP contribution in [-0.2, 0) is 22.1 Å². The van der Waals surface area contributed by atoms with Crippen LogP contribution in [-0.4, -0.2) is 34.7 Å². The summed E-state index contributed by atoms with van der Waals surface area (Å²) in [6.07, 6.45) is 1.64. The summed E-state index contributed by atoms with van der Waals surface area (Å²) in [4.78, 5) is 12.5. The zero-order chi connectivity index (χ0) is 20.0. The van der Waals surface area contributed by atoms with E-state index in [0.717, 1.165) is 0 Å². The monoisotopic (exact) mass is 413 g/mol. The maximum Gasteiger partial charge on any atom is 0.191 e. The van der Waals surface area contributed by atoms with E-state index in [2.05, 4.69) is 16.8 Å². The van der Waals surface area contributed by atoms with E-state index in [-0.39, 0.29) is 22.2 Å². The highest BCUT2D eigenvalue weighted by atomic mass is 32.2. The van der Waals surface area contributed by atoms with E-state index in [1.807, 2.05) is 18.2 Å². The van der Waals surface area contributed by atoms with E-state index in [9.17, 15) is 13.2 Å². The number of aromatic nitrogens is 3. The minimum absolute atomic E-state index is 0.0304. The van der Waals surface area contributed by atoms with Crippen LogP contribution >= 0.6 is 11.8 Å². The third-order valence-electron chi connectivity index (χ3n) is 3.95. The summed E-state index contributed by atoms with van der Waals surface area (Å²) in [5, 5.41) is 8.63. The van der Waals surface area contributed by atoms with Crippen molar-refractivity contribution in [1.82, 2.24) is 14.8 Å². The molecule has 0 bridgehead atoms. The molecular weight excluding hydrogens is 394 g/mol. The molecule has 0 amide bonds. The van der Waals surface area contributed by atoms with Gasteiger partial charge in [-0.15, -0.1) is 16.8 Å². The SMILES string of the molecule is C=CCn1c(CS(=O)(=O)c2ccccc2)nnc1SCC(=O)c1ccccc1. The number of benzene rings is 2. The minimum atomic E-state index is -3.55. The Kier molecular flexibility index (Phi) is 6.43. The molecule has 0 spiro atoms. The van der Waals surface area contributed by atoms with Crippen molar-refractivity contribution in [2.24, 2.45) is 0 Å². The van der Waals surface area contributed by atoms with Crippen molar-refractivity contribution in [2.45, 2.75) is 22.3 Å². The molecule has 0 aliphatic carbocycles. The van der Waals surface area contributed by atoms with Gasteiger partial charge in [-0.2, -0.15) is 0 Å². The molecule has 8 heteroatoms. The number of carbonyl (C=O) groups is 1. The number of Topliss-reactive ketones (excluding diaryl/α,β-unsaturated/α-hetero) is 1. The number of carbonyl (C=O) groups excluding carboxylic acids is 1. The molecule has 0 atom stereocenters. The molecule has 3 rings (SSSR count). The molecule has 2 aromatic carbocycles. The Labute approximate surface area is 168 Å². The van der Waals surface area contributed by atoms with Crippen molar-refractivity contribution >= 4 is 27.4 Å². The highest BCUT2D eigenvalue weighted by Gasteiger charge is 2.21. The average molecular weight is 414 g/mol. The molecule has 0 saturated carbocycles. The molecule has 28 heavy (non-hydrogen) atoms. The van der Waals surface area contributed by atoms with Gasteiger partial charge < -0.3 is 4.57 Å². The smallest absolute Gasteiger partial charge is 0.191 e. The standard InChI is InChI=1S/C20H19N3O3S2/c1-2-13-23-19(15-28(25,26)17-11-7-4-8-12-17)21-22-20(23)27-14-18(24)16-9-5-3-6-10-16/h2-12H,1,13-15H2. The Morgan fingerprint density at radius 1 is 1.04 bits per heavy atom. The Balaban J connectivity index is 1.78. The third kappa shape index (κ3) is 4.76. The summed E-state index contributed by atoms with van der Waals surface area (Å²) in [6, 6.07) is 17.2. The van der Waals surface area contributed by atoms with Gasteiger partial charge in [0.05, 0.1) is 10.6 Å². The van der Waals surface area contributed by atoms with Crippen LogP contribution in [0.5, 0.6) is 0 Å². The normalized spacial score (nSPS) is 11.3. The first kappa shape index (κ1) is 20.0. The molecule has 3 aromatic rings. The molecule has 0 fully saturated rings. The van der Waals surface area contributed by atoms with Gasteiger partial charge in [0.1, 0.15) is 11.6 Å². The van der Waals surface area contributed by atoms with Gasteiger partial charge in [0, 0.05) is 12.1 Å². The number of hydrogen-bond donors (Lipinski definition) is 0. The largest absolute Gasteiger partial charge is 0.301 e. The summed E-state index contributed by atoms with van der Waals surface area (Å²) >= 11 is 1.23. The van der Waals surface area contributed by atoms with Gasteiger partial charge in [0.15, 0.2) is 20.8 Å². The number of sulfone groups is 1. The van der Waals surface area contributed by atoms with Crippen LogP contribution in [0.1, 0.15) is 16.2 Å². The first-order valence-corrected chi connectivity index (χ1v) is 11.2. The second kappa shape index (κ2) is 8.99. The van der Waals surface area contributed by atoms with Gasteiger partial charge in [-0.1, -0.05) is 66.4 Å². The third-order valence-corrected chi connectivity index (χ3v) is 6.55. The van der Waals surface area contributed by atoms with E-state index in [1.165, 1.54) is 11.8 Å². The summed E-state index contributed by atoms with van der Waals surface area (Å²) in [5.41, 5.74) is 0.622. The Bertz CT molecular complexity index is 1060. The quantitative estimate of drug-likeness (QED) is 0.304. The lowest BCUT2D eigenvalue weighted by atomic mass is 10.2. The molecule has 144 valence electrons. The van der Waals surface area contributed by atoms with Crippen molar-refractivity contribution in [3.05, 3.63) is 84.7 Å². The maximum absolute atomic E-state index is 12.7. The molecule has 0 aliphatic rings. The zero-order valence-electron chi connectivity index (χ0n) is 15.1. The van der Waals surface area contributed by atoms with E-state index >= 15 is 0 Å². The molecule has 0 unspecified atom stereocenters. The number of nitrogens with zero attached hydrogens (tertiary/aromatic N) is 3. The highest BCUT2D eigenvalue weighted by molar-refractivity contribution is 7.99. The van der Waals surface area contributed by atoms with E-state index in [1.54, 1.807) is 53.1 Å². The van der Waals surface area contributed by atoms with Crippen LogP contribution in [0.25, 0.3) is 0 Å². The van der Waals surface area contributed by atoms with Crippen molar-refractivity contribution in [3.8, 4) is 0 Å². The van der Waals surface area contributed by atoms with E-state index in [4.69, 9.17) is 0 Å². The number of ketones is 1. The Hall–Kier alpha value is -2.71. The average Bonchev–Trinajstić information content (AvgIpc) is 3.08. The van der Waals surface area contributed by atoms with Crippen LogP contribution in [0.2, 0.25) is 0 Å². The lowest BCUT2D eigenvalue weighted by Gasteiger charge is -2.08. The summed E-state index contributed by atoms with van der Waals surface area (Å²) in [6.45, 7) is 4.07. The summed E-state index contributed by atoms with van der Waals surface area (Å²) in [7, 11) is -3.55. The van der Waals surface area contributed by atoms with Gasteiger partial charge in [0.25, 0.3) is 0 Å². The first-order chi connectivity index (χ1) is 13.5. The van der Waals surface area contributed by atoms with Crippen molar-refractivity contribution < 1.29 is 13.2 Å². The minimum Gasteiger partial charge on any atom is -0.301 e. The lowest BCUT2D eigenvalue weighted by molar-refractivity contribution is 0.102. The van der Waals surface area contributed by atoms with Crippen LogP contribution in [0.3, 0.4) is 0 Å². The Morgan fingerprint density at radius 3 is 2.32 bits per heavy atom. The first-order valence-electron chi connectivity index (χ1n) is 8.53. The van der Waals surface area contributed by atoms with Crippen LogP contribution in [0, 0.1) is 0 Å². The van der Waals surface area contributed by atoms with Gasteiger partial charge >= 0.3 is 0 Å². The van der Waals surface area contributed by atoms with Gasteiger partial charge in [-0.05, 0) is 12.1 Å². The van der Waals surface area contributed by atoms with E-state index in [0.29, 0.717) is 23.1 Å². The van der Waals surface area contributed by atoms with Crippen molar-refractivity contribution in [2.75, 3.05) is 5.75 Å². The Morgan fingerprint density at radius 2 is 1.68 bits per heavy atom. The molecule has 0 N–H and O–H groups in total. The van der Waals surface area contributed by atoms with Gasteiger partial charge in [-0.3, -0.25) is 4.79 Å². The molecule has 0 radical (unpaired) electrons. The second-order valence-corrected chi connectivity index (χ2v) is 8.88. The topological polar surface area (TPSA) is 81.9 Å². The number of thioether (sulfide) groups is 1. The molecule has 0 saturated heterocycles. The second-order valence-electron chi connectivity index (χ2n) is 5.95. The zero-order valence-corrected chi connectivity index (χ0v) is 16.7. The van der Waals surface area contributed by atoms with Crippen molar-refractivity contribution in [1.29, 1.82) is 0 Å². The molecule has 0 aliphatic heterocycles. The van der Waals surface area contributed by atoms with Crippen molar-refractivity contribution in [3.63, 3.8) is 0 Å². The highest BCUT2D eigenvalue weighted by Crippen LogP contribution is 2.22. The molecule has 6 nitrogen and oxygen atoms in total. The van der Waals surface area contributed by atoms with Crippen LogP contribution in [0.4, 0.5) is 0 Å². The maximum atomic E-state index is 12.7. The van der Waals surface area contributed by atoms with Gasteiger partial charge in [0.2, 0.25) is 0 Å². The molecule has 1 heterocycles. The fraction of sp³-hybridized carbons (Fsp3) is 0.150. The summed E-state index contributed by atoms with van der Waals surface area (Å²) < 4.78 is 27.0. The fourth-order valence-corrected chi connectivity index (χ4v) is 4.72. The molecular formula is C20H19N3O3S2. The summed E-state index contributed by atoms with van der Waals surface area (Å²) in [5.74, 6) is 0.200. The number of rotatable bonds is 9. The van der Waals surface area contributed by atoms with E-state index < -0.39 is 9.84 Å².